The van der Waals surface area contributed by atoms with E-state index in [1.165, 1.54) is 27.8 Å². The molecule has 0 amide bonds. The fourth-order valence-corrected chi connectivity index (χ4v) is 15.4. The Balaban J connectivity index is 0.672. The molecule has 0 bridgehead atoms. The molecule has 2 aliphatic heterocycles. The van der Waals surface area contributed by atoms with E-state index < -0.39 is 10.8 Å². The van der Waals surface area contributed by atoms with Crippen molar-refractivity contribution in [2.24, 2.45) is 0 Å². The molecule has 10 aromatic carbocycles. The lowest BCUT2D eigenvalue weighted by Gasteiger charge is -2.39. The van der Waals surface area contributed by atoms with Gasteiger partial charge in [0.15, 0.2) is 11.2 Å². The minimum atomic E-state index is -0.773. The molecule has 0 saturated heterocycles. The summed E-state index contributed by atoms with van der Waals surface area (Å²) in [5, 5.41) is 0. The summed E-state index contributed by atoms with van der Waals surface area (Å²) in [5.41, 5.74) is 25.1. The van der Waals surface area contributed by atoms with Crippen molar-refractivity contribution < 1.29 is 18.3 Å². The van der Waals surface area contributed by atoms with Crippen molar-refractivity contribution in [2.75, 3.05) is 0 Å². The predicted octanol–water partition coefficient (Wildman–Crippen LogP) is 20.2. The highest BCUT2D eigenvalue weighted by Gasteiger charge is 2.53. The first-order chi connectivity index (χ1) is 46.5. The third-order valence-electron chi connectivity index (χ3n) is 19.4. The van der Waals surface area contributed by atoms with Gasteiger partial charge in [-0.1, -0.05) is 146 Å². The third-order valence-corrected chi connectivity index (χ3v) is 19.4. The molecule has 0 fully saturated rings. The summed E-state index contributed by atoms with van der Waals surface area (Å²) in [6.45, 7) is 0. The van der Waals surface area contributed by atoms with Crippen LogP contribution in [-0.2, 0) is 10.8 Å². The van der Waals surface area contributed by atoms with Crippen LogP contribution in [0.4, 0.5) is 0 Å². The molecule has 8 heterocycles. The van der Waals surface area contributed by atoms with E-state index in [-0.39, 0.29) is 0 Å². The van der Waals surface area contributed by atoms with Crippen LogP contribution in [0.5, 0.6) is 23.0 Å². The highest BCUT2D eigenvalue weighted by atomic mass is 16.5. The molecule has 94 heavy (non-hydrogen) atoms. The fourth-order valence-electron chi connectivity index (χ4n) is 15.4. The topological polar surface area (TPSA) is 122 Å². The Labute approximate surface area is 538 Å². The highest BCUT2D eigenvalue weighted by molar-refractivity contribution is 5.94. The monoisotopic (exact) mass is 1200 g/mol. The number of hydrogen-bond donors (Lipinski definition) is 0. The lowest BCUT2D eigenvalue weighted by Crippen LogP contribution is -2.32. The summed E-state index contributed by atoms with van der Waals surface area (Å²) in [6, 6.07) is 96.8. The molecule has 10 heteroatoms. The Morgan fingerprint density at radius 1 is 0.245 bits per heavy atom. The molecular weight excluding hydrogens is 1160 g/mol. The third kappa shape index (κ3) is 7.53. The first-order valence-electron chi connectivity index (χ1n) is 31.4. The Hall–Kier alpha value is -12.7. The minimum Gasteiger partial charge on any atom is -0.457 e. The minimum absolute atomic E-state index is 0.491. The number of ether oxygens (including phenoxy) is 2. The molecule has 2 aliphatic carbocycles. The Bertz CT molecular complexity index is 5790. The van der Waals surface area contributed by atoms with Gasteiger partial charge in [-0.3, -0.25) is 9.97 Å². The zero-order valence-electron chi connectivity index (χ0n) is 50.0. The first kappa shape index (κ1) is 52.1. The largest absolute Gasteiger partial charge is 0.457 e. The van der Waals surface area contributed by atoms with E-state index in [2.05, 4.69) is 193 Å². The van der Waals surface area contributed by atoms with Crippen molar-refractivity contribution in [2.45, 2.75) is 10.8 Å². The average molecular weight is 1210 g/mol. The maximum Gasteiger partial charge on any atom is 0.227 e. The van der Waals surface area contributed by atoms with Gasteiger partial charge < -0.3 is 18.3 Å². The van der Waals surface area contributed by atoms with Crippen LogP contribution in [0.1, 0.15) is 44.5 Å². The van der Waals surface area contributed by atoms with Crippen LogP contribution < -0.4 is 9.47 Å². The number of pyridine rings is 4. The van der Waals surface area contributed by atoms with Gasteiger partial charge in [0.1, 0.15) is 34.0 Å². The molecule has 10 nitrogen and oxygen atoms in total. The second-order valence-corrected chi connectivity index (χ2v) is 24.3. The van der Waals surface area contributed by atoms with Gasteiger partial charge in [0.05, 0.1) is 45.0 Å². The summed E-state index contributed by atoms with van der Waals surface area (Å²) in [7, 11) is 0. The van der Waals surface area contributed by atoms with Gasteiger partial charge in [-0.05, 0) is 184 Å². The average Bonchev–Trinajstić information content (AvgIpc) is 1.49. The van der Waals surface area contributed by atoms with Crippen molar-refractivity contribution in [3.05, 3.63) is 336 Å². The predicted molar refractivity (Wildman–Crippen MR) is 366 cm³/mol. The molecule has 0 radical (unpaired) electrons. The zero-order chi connectivity index (χ0) is 61.6. The normalized spacial score (nSPS) is 14.7. The molecule has 16 aromatic rings. The van der Waals surface area contributed by atoms with E-state index >= 15 is 0 Å². The lowest BCUT2D eigenvalue weighted by atomic mass is 9.65. The Morgan fingerprint density at radius 2 is 0.702 bits per heavy atom. The van der Waals surface area contributed by atoms with Crippen molar-refractivity contribution in [3.8, 4) is 125 Å². The fraction of sp³-hybridized carbons (Fsp3) is 0.0238. The van der Waals surface area contributed by atoms with Crippen molar-refractivity contribution in [1.82, 2.24) is 29.9 Å². The number of hydrogen-bond acceptors (Lipinski definition) is 10. The molecule has 0 N–H and O–H groups in total. The maximum atomic E-state index is 6.92. The first-order valence-corrected chi connectivity index (χ1v) is 31.4. The van der Waals surface area contributed by atoms with Crippen LogP contribution in [0.3, 0.4) is 0 Å². The van der Waals surface area contributed by atoms with Crippen LogP contribution in [0.25, 0.3) is 124 Å². The van der Waals surface area contributed by atoms with Gasteiger partial charge in [-0.15, -0.1) is 0 Å². The smallest absolute Gasteiger partial charge is 0.227 e. The van der Waals surface area contributed by atoms with E-state index in [4.69, 9.17) is 43.2 Å². The molecule has 4 aliphatic rings. The zero-order valence-corrected chi connectivity index (χ0v) is 50.0. The Kier molecular flexibility index (Phi) is 11.0. The quantitative estimate of drug-likeness (QED) is 0.152. The van der Waals surface area contributed by atoms with E-state index in [0.29, 0.717) is 22.9 Å². The summed E-state index contributed by atoms with van der Waals surface area (Å²) >= 11 is 0. The maximum absolute atomic E-state index is 6.92. The van der Waals surface area contributed by atoms with Gasteiger partial charge in [0, 0.05) is 62.5 Å². The van der Waals surface area contributed by atoms with Crippen LogP contribution in [0, 0.1) is 0 Å². The van der Waals surface area contributed by atoms with Gasteiger partial charge >= 0.3 is 0 Å². The van der Waals surface area contributed by atoms with Gasteiger partial charge in [-0.2, -0.15) is 0 Å². The Morgan fingerprint density at radius 3 is 1.36 bits per heavy atom. The van der Waals surface area contributed by atoms with Crippen molar-refractivity contribution in [3.63, 3.8) is 0 Å². The van der Waals surface area contributed by atoms with Crippen LogP contribution in [0.2, 0.25) is 0 Å². The number of benzene rings is 10. The second kappa shape index (κ2) is 19.9. The van der Waals surface area contributed by atoms with Crippen LogP contribution >= 0.6 is 0 Å². The molecule has 6 aromatic heterocycles. The number of oxazole rings is 2. The van der Waals surface area contributed by atoms with Gasteiger partial charge in [0.2, 0.25) is 11.8 Å². The summed E-state index contributed by atoms with van der Waals surface area (Å²) in [5.74, 6) is 4.16. The van der Waals surface area contributed by atoms with Gasteiger partial charge in [0.25, 0.3) is 0 Å². The van der Waals surface area contributed by atoms with E-state index in [1.54, 1.807) is 6.20 Å². The summed E-state index contributed by atoms with van der Waals surface area (Å²) in [4.78, 5) is 30.5. The molecule has 0 saturated carbocycles. The van der Waals surface area contributed by atoms with E-state index in [0.717, 1.165) is 141 Å². The van der Waals surface area contributed by atoms with Gasteiger partial charge in [-0.25, -0.2) is 19.9 Å². The summed E-state index contributed by atoms with van der Waals surface area (Å²) < 4.78 is 27.0. The number of fused-ring (bicyclic) bond motifs is 20. The van der Waals surface area contributed by atoms with Crippen LogP contribution in [-0.4, -0.2) is 29.9 Å². The number of rotatable bonds is 7. The summed E-state index contributed by atoms with van der Waals surface area (Å²) in [6.07, 6.45) is 3.63. The van der Waals surface area contributed by atoms with E-state index in [9.17, 15) is 0 Å². The standard InChI is InChI=1S/C84H48N6O4/c1-4-20-59-55(16-1)56-17-2-5-21-60(56)83(59)65-46-52(81-89-71-25-8-10-31-78(71)93-81)35-39-76(65)92-77-40-36-53(47-66(77)83)82-90-73-48-49(33-41-79(73)94-82)54-19-15-43-86-80(54)72-29-14-27-68(88-72)51-34-38-75-64(45-51)84(62-23-7-9-30-74(62)91-75)61-22-6-3-18-57(61)58-37-32-50(44-63(58)84)67-26-13-28-70(87-67)69-24-11-12-42-85-69/h1-48H. The number of aromatic nitrogens is 6. The van der Waals surface area contributed by atoms with E-state index in [1.807, 2.05) is 97.2 Å². The molecule has 1 atom stereocenters. The second-order valence-electron chi connectivity index (χ2n) is 24.3. The molecule has 438 valence electrons. The molecule has 2 spiro atoms. The van der Waals surface area contributed by atoms with Crippen molar-refractivity contribution >= 4 is 22.2 Å². The molecule has 20 rings (SSSR count). The van der Waals surface area contributed by atoms with Crippen LogP contribution in [0.15, 0.2) is 300 Å². The molecular formula is C84H48N6O4. The lowest BCUT2D eigenvalue weighted by molar-refractivity contribution is 0.436. The van der Waals surface area contributed by atoms with Crippen molar-refractivity contribution in [1.29, 1.82) is 0 Å². The number of para-hydroxylation sites is 3. The SMILES string of the molecule is c1ccc(-c2cccc(-c3ccc4c(c3)C3(c5ccccc5Oc5ccc(-c6cccc(-c7ncccc7-c7ccc8oc(-c9ccc%10c(c9)C9(c%11cc(-c%12nc%13ccccc%13o%12)ccc%11O%10)c%10ccccc%10-c%10ccccc%109)nc8c7)n6)cc53)c3ccccc3-4)n2)nc1. The number of nitrogens with zero attached hydrogens (tertiary/aromatic N) is 6. The highest BCUT2D eigenvalue weighted by Crippen LogP contribution is 2.65. The molecule has 1 unspecified atom stereocenters.